The van der Waals surface area contributed by atoms with Crippen LogP contribution in [0.5, 0.6) is 0 Å². The van der Waals surface area contributed by atoms with E-state index >= 15 is 0 Å². The minimum absolute atomic E-state index is 0.00265. The van der Waals surface area contributed by atoms with Gasteiger partial charge >= 0.3 is 0 Å². The molecule has 0 bridgehead atoms. The van der Waals surface area contributed by atoms with Crippen molar-refractivity contribution in [3.8, 4) is 0 Å². The fourth-order valence-corrected chi connectivity index (χ4v) is 4.77. The number of nitrogens with zero attached hydrogens (tertiary/aromatic N) is 2. The number of rotatable bonds is 4. The van der Waals surface area contributed by atoms with Crippen molar-refractivity contribution in [2.75, 3.05) is 31.9 Å². The van der Waals surface area contributed by atoms with Gasteiger partial charge in [0.05, 0.1) is 15.7 Å². The standard InChI is InChI=1S/C16H22ClFN2O3S2/c1-16(2,3)24-11-15(21)19-6-8-20(9-7-19)25(22,23)12-4-5-14(18)13(17)10-12/h4-5,10H,6-9,11H2,1-3H3. The van der Waals surface area contributed by atoms with Crippen LogP contribution >= 0.6 is 23.4 Å². The molecule has 1 aromatic carbocycles. The first-order valence-electron chi connectivity index (χ1n) is 7.88. The van der Waals surface area contributed by atoms with Gasteiger partial charge in [0.25, 0.3) is 0 Å². The normalized spacial score (nSPS) is 16.9. The molecule has 140 valence electrons. The molecule has 1 heterocycles. The Kier molecular flexibility index (Phi) is 6.40. The Labute approximate surface area is 157 Å². The fraction of sp³-hybridized carbons (Fsp3) is 0.562. The summed E-state index contributed by atoms with van der Waals surface area (Å²) in [6.07, 6.45) is 0. The van der Waals surface area contributed by atoms with Gasteiger partial charge in [-0.25, -0.2) is 12.8 Å². The monoisotopic (exact) mass is 408 g/mol. The highest BCUT2D eigenvalue weighted by molar-refractivity contribution is 8.01. The molecule has 0 aliphatic carbocycles. The Morgan fingerprint density at radius 2 is 1.84 bits per heavy atom. The summed E-state index contributed by atoms with van der Waals surface area (Å²) in [4.78, 5) is 13.9. The first-order chi connectivity index (χ1) is 11.5. The van der Waals surface area contributed by atoms with E-state index in [4.69, 9.17) is 11.6 Å². The molecule has 25 heavy (non-hydrogen) atoms. The van der Waals surface area contributed by atoms with E-state index < -0.39 is 15.8 Å². The molecule has 2 rings (SSSR count). The summed E-state index contributed by atoms with van der Waals surface area (Å²) in [6.45, 7) is 7.25. The third kappa shape index (κ3) is 5.32. The average molecular weight is 409 g/mol. The van der Waals surface area contributed by atoms with Crippen LogP contribution in [0.4, 0.5) is 4.39 Å². The summed E-state index contributed by atoms with van der Waals surface area (Å²) in [6, 6.07) is 3.36. The number of sulfonamides is 1. The molecule has 0 atom stereocenters. The highest BCUT2D eigenvalue weighted by Gasteiger charge is 2.30. The lowest BCUT2D eigenvalue weighted by atomic mass is 10.3. The SMILES string of the molecule is CC(C)(C)SCC(=O)N1CCN(S(=O)(=O)c2ccc(F)c(Cl)c2)CC1. The van der Waals surface area contributed by atoms with Gasteiger partial charge in [-0.2, -0.15) is 4.31 Å². The first-order valence-corrected chi connectivity index (χ1v) is 10.7. The van der Waals surface area contributed by atoms with Crippen LogP contribution in [-0.4, -0.2) is 60.2 Å². The molecule has 0 radical (unpaired) electrons. The summed E-state index contributed by atoms with van der Waals surface area (Å²) >= 11 is 7.25. The van der Waals surface area contributed by atoms with E-state index in [1.54, 1.807) is 16.7 Å². The van der Waals surface area contributed by atoms with Crippen LogP contribution in [0, 0.1) is 5.82 Å². The number of hydrogen-bond acceptors (Lipinski definition) is 4. The number of carbonyl (C=O) groups excluding carboxylic acids is 1. The molecule has 1 fully saturated rings. The highest BCUT2D eigenvalue weighted by atomic mass is 35.5. The maximum atomic E-state index is 13.2. The minimum Gasteiger partial charge on any atom is -0.339 e. The van der Waals surface area contributed by atoms with Crippen molar-refractivity contribution in [3.63, 3.8) is 0 Å². The van der Waals surface area contributed by atoms with Crippen molar-refractivity contribution in [2.24, 2.45) is 0 Å². The highest BCUT2D eigenvalue weighted by Crippen LogP contribution is 2.25. The molecule has 0 aromatic heterocycles. The van der Waals surface area contributed by atoms with Gasteiger partial charge in [0.2, 0.25) is 15.9 Å². The average Bonchev–Trinajstić information content (AvgIpc) is 2.54. The Morgan fingerprint density at radius 1 is 1.24 bits per heavy atom. The van der Waals surface area contributed by atoms with Crippen LogP contribution in [0.3, 0.4) is 0 Å². The Hall–Kier alpha value is -0.830. The Balaban J connectivity index is 1.99. The van der Waals surface area contributed by atoms with Crippen LogP contribution < -0.4 is 0 Å². The van der Waals surface area contributed by atoms with E-state index in [-0.39, 0.29) is 33.7 Å². The molecule has 1 saturated heterocycles. The van der Waals surface area contributed by atoms with Gasteiger partial charge in [0.1, 0.15) is 5.82 Å². The molecule has 1 aliphatic heterocycles. The fourth-order valence-electron chi connectivity index (χ4n) is 2.33. The molecule has 1 aromatic rings. The summed E-state index contributed by atoms with van der Waals surface area (Å²) < 4.78 is 39.8. The third-order valence-corrected chi connectivity index (χ3v) is 7.19. The Bertz CT molecular complexity index is 742. The van der Waals surface area contributed by atoms with Crippen molar-refractivity contribution in [3.05, 3.63) is 29.0 Å². The summed E-state index contributed by atoms with van der Waals surface area (Å²) in [5.41, 5.74) is 0. The van der Waals surface area contributed by atoms with E-state index in [0.29, 0.717) is 18.8 Å². The van der Waals surface area contributed by atoms with E-state index in [1.807, 2.05) is 20.8 Å². The molecule has 0 spiro atoms. The lowest BCUT2D eigenvalue weighted by molar-refractivity contribution is -0.129. The van der Waals surface area contributed by atoms with Gasteiger partial charge in [-0.3, -0.25) is 4.79 Å². The molecule has 1 aliphatic rings. The van der Waals surface area contributed by atoms with Crippen molar-refractivity contribution < 1.29 is 17.6 Å². The molecule has 1 amide bonds. The topological polar surface area (TPSA) is 57.7 Å². The predicted octanol–water partition coefficient (Wildman–Crippen LogP) is 2.84. The second-order valence-corrected chi connectivity index (χ2v) is 10.9. The molecule has 9 heteroatoms. The largest absolute Gasteiger partial charge is 0.339 e. The summed E-state index contributed by atoms with van der Waals surface area (Å²) in [5, 5.41) is -0.228. The second-order valence-electron chi connectivity index (χ2n) is 6.76. The molecule has 0 saturated carbocycles. The van der Waals surface area contributed by atoms with Crippen LogP contribution in [0.25, 0.3) is 0 Å². The zero-order chi connectivity index (χ0) is 18.8. The maximum Gasteiger partial charge on any atom is 0.243 e. The first kappa shape index (κ1) is 20.5. The second kappa shape index (κ2) is 7.82. The van der Waals surface area contributed by atoms with E-state index in [2.05, 4.69) is 0 Å². The number of amides is 1. The zero-order valence-electron chi connectivity index (χ0n) is 14.5. The van der Waals surface area contributed by atoms with Crippen molar-refractivity contribution in [1.82, 2.24) is 9.21 Å². The van der Waals surface area contributed by atoms with Gasteiger partial charge in [-0.1, -0.05) is 32.4 Å². The maximum absolute atomic E-state index is 13.2. The van der Waals surface area contributed by atoms with Gasteiger partial charge < -0.3 is 4.90 Å². The quantitative estimate of drug-likeness (QED) is 0.768. The third-order valence-electron chi connectivity index (χ3n) is 3.75. The summed E-state index contributed by atoms with van der Waals surface area (Å²) in [7, 11) is -3.75. The number of halogens is 2. The lowest BCUT2D eigenvalue weighted by Crippen LogP contribution is -2.51. The van der Waals surface area contributed by atoms with E-state index in [0.717, 1.165) is 12.1 Å². The van der Waals surface area contributed by atoms with Crippen LogP contribution in [0.15, 0.2) is 23.1 Å². The molecular formula is C16H22ClFN2O3S2. The molecular weight excluding hydrogens is 387 g/mol. The van der Waals surface area contributed by atoms with Crippen molar-refractivity contribution >= 4 is 39.3 Å². The minimum atomic E-state index is -3.75. The smallest absolute Gasteiger partial charge is 0.243 e. The van der Waals surface area contributed by atoms with Gasteiger partial charge in [-0.05, 0) is 18.2 Å². The Morgan fingerprint density at radius 3 is 2.36 bits per heavy atom. The molecule has 5 nitrogen and oxygen atoms in total. The lowest BCUT2D eigenvalue weighted by Gasteiger charge is -2.34. The number of piperazine rings is 1. The van der Waals surface area contributed by atoms with Crippen molar-refractivity contribution in [1.29, 1.82) is 0 Å². The number of thioether (sulfide) groups is 1. The van der Waals surface area contributed by atoms with Gasteiger partial charge in [0, 0.05) is 30.9 Å². The summed E-state index contributed by atoms with van der Waals surface area (Å²) in [5.74, 6) is -0.265. The van der Waals surface area contributed by atoms with Crippen molar-refractivity contribution in [2.45, 2.75) is 30.4 Å². The van der Waals surface area contributed by atoms with E-state index in [9.17, 15) is 17.6 Å². The van der Waals surface area contributed by atoms with E-state index in [1.165, 1.54) is 10.4 Å². The number of hydrogen-bond donors (Lipinski definition) is 0. The van der Waals surface area contributed by atoms with Crippen LogP contribution in [0.1, 0.15) is 20.8 Å². The predicted molar refractivity (Wildman–Crippen MR) is 99.0 cm³/mol. The number of carbonyl (C=O) groups is 1. The molecule has 0 unspecified atom stereocenters. The van der Waals surface area contributed by atoms with Gasteiger partial charge in [0.15, 0.2) is 0 Å². The number of benzene rings is 1. The van der Waals surface area contributed by atoms with Crippen LogP contribution in [-0.2, 0) is 14.8 Å². The zero-order valence-corrected chi connectivity index (χ0v) is 16.8. The van der Waals surface area contributed by atoms with Crippen LogP contribution in [0.2, 0.25) is 5.02 Å². The molecule has 0 N–H and O–H groups in total. The van der Waals surface area contributed by atoms with Gasteiger partial charge in [-0.15, -0.1) is 11.8 Å².